The molecule has 106 valence electrons. The van der Waals surface area contributed by atoms with Crippen molar-refractivity contribution in [1.82, 2.24) is 4.90 Å². The fourth-order valence-corrected chi connectivity index (χ4v) is 1.75. The van der Waals surface area contributed by atoms with Crippen molar-refractivity contribution in [3.63, 3.8) is 0 Å². The summed E-state index contributed by atoms with van der Waals surface area (Å²) in [6.07, 6.45) is 6.82. The Morgan fingerprint density at radius 1 is 0.889 bits per heavy atom. The van der Waals surface area contributed by atoms with Gasteiger partial charge in [0.1, 0.15) is 0 Å². The van der Waals surface area contributed by atoms with E-state index in [9.17, 15) is 9.59 Å². The topological polar surface area (TPSA) is 46.6 Å². The van der Waals surface area contributed by atoms with Gasteiger partial charge in [0, 0.05) is 13.1 Å². The third kappa shape index (κ3) is 7.30. The normalized spacial score (nSPS) is 10.2. The van der Waals surface area contributed by atoms with E-state index in [4.69, 9.17) is 4.74 Å². The summed E-state index contributed by atoms with van der Waals surface area (Å²) in [7, 11) is 0. The van der Waals surface area contributed by atoms with Crippen molar-refractivity contribution < 1.29 is 14.3 Å². The molecular weight excluding hydrogens is 230 g/mol. The number of hydrogen-bond donors (Lipinski definition) is 0. The molecule has 4 heteroatoms. The first-order chi connectivity index (χ1) is 8.67. The summed E-state index contributed by atoms with van der Waals surface area (Å²) < 4.78 is 4.96. The predicted molar refractivity (Wildman–Crippen MR) is 72.3 cm³/mol. The Balaban J connectivity index is 3.61. The van der Waals surface area contributed by atoms with Crippen molar-refractivity contribution in [2.75, 3.05) is 19.7 Å². The minimum Gasteiger partial charge on any atom is -0.459 e. The van der Waals surface area contributed by atoms with Crippen LogP contribution in [0.1, 0.15) is 59.3 Å². The van der Waals surface area contributed by atoms with Crippen molar-refractivity contribution >= 4 is 11.9 Å². The molecule has 0 aliphatic heterocycles. The van der Waals surface area contributed by atoms with Gasteiger partial charge in [-0.3, -0.25) is 4.79 Å². The number of amides is 1. The molecule has 0 bridgehead atoms. The minimum absolute atomic E-state index is 0.359. The van der Waals surface area contributed by atoms with Crippen LogP contribution in [0.2, 0.25) is 0 Å². The van der Waals surface area contributed by atoms with Gasteiger partial charge < -0.3 is 9.64 Å². The van der Waals surface area contributed by atoms with Crippen LogP contribution in [-0.2, 0) is 14.3 Å². The molecule has 0 aromatic rings. The van der Waals surface area contributed by atoms with Gasteiger partial charge in [0.2, 0.25) is 0 Å². The molecule has 1 amide bonds. The van der Waals surface area contributed by atoms with Gasteiger partial charge in [-0.1, -0.05) is 39.0 Å². The van der Waals surface area contributed by atoms with Crippen LogP contribution in [0.5, 0.6) is 0 Å². The summed E-state index contributed by atoms with van der Waals surface area (Å²) in [6.45, 7) is 7.33. The van der Waals surface area contributed by atoms with E-state index in [-0.39, 0.29) is 0 Å². The summed E-state index contributed by atoms with van der Waals surface area (Å²) in [5.41, 5.74) is 0. The highest BCUT2D eigenvalue weighted by molar-refractivity contribution is 6.32. The molecule has 0 radical (unpaired) electrons. The number of likely N-dealkylation sites (N-methyl/N-ethyl adjacent to an activating group) is 1. The maximum absolute atomic E-state index is 11.6. The second-order valence-corrected chi connectivity index (χ2v) is 4.38. The van der Waals surface area contributed by atoms with E-state index in [1.165, 1.54) is 30.6 Å². The highest BCUT2D eigenvalue weighted by Gasteiger charge is 2.20. The number of unbranched alkanes of at least 4 members (excludes halogenated alkanes) is 5. The molecule has 0 atom stereocenters. The van der Waals surface area contributed by atoms with Gasteiger partial charge in [0.05, 0.1) is 6.61 Å². The monoisotopic (exact) mass is 257 g/mol. The Hall–Kier alpha value is -1.06. The Kier molecular flexibility index (Phi) is 10.4. The lowest BCUT2D eigenvalue weighted by Gasteiger charge is -2.17. The van der Waals surface area contributed by atoms with Crippen molar-refractivity contribution in [3.8, 4) is 0 Å². The molecule has 0 saturated carbocycles. The molecule has 0 spiro atoms. The SMILES string of the molecule is CCCCCCCCOC(=O)C(=O)N(CC)CC. The van der Waals surface area contributed by atoms with Crippen LogP contribution < -0.4 is 0 Å². The van der Waals surface area contributed by atoms with Crippen LogP contribution >= 0.6 is 0 Å². The van der Waals surface area contributed by atoms with Gasteiger partial charge in [-0.2, -0.15) is 0 Å². The van der Waals surface area contributed by atoms with Crippen molar-refractivity contribution in [2.24, 2.45) is 0 Å². The van der Waals surface area contributed by atoms with Crippen LogP contribution in [0.3, 0.4) is 0 Å². The van der Waals surface area contributed by atoms with Gasteiger partial charge in [0.25, 0.3) is 0 Å². The molecule has 0 aromatic heterocycles. The van der Waals surface area contributed by atoms with Gasteiger partial charge in [-0.25, -0.2) is 4.79 Å². The largest absolute Gasteiger partial charge is 0.459 e. The van der Waals surface area contributed by atoms with E-state index in [2.05, 4.69) is 6.92 Å². The smallest absolute Gasteiger partial charge is 0.397 e. The maximum Gasteiger partial charge on any atom is 0.397 e. The van der Waals surface area contributed by atoms with Crippen LogP contribution in [0.25, 0.3) is 0 Å². The third-order valence-electron chi connectivity index (χ3n) is 2.96. The highest BCUT2D eigenvalue weighted by atomic mass is 16.5. The van der Waals surface area contributed by atoms with E-state index in [0.717, 1.165) is 12.8 Å². The van der Waals surface area contributed by atoms with Crippen molar-refractivity contribution in [2.45, 2.75) is 59.3 Å². The Morgan fingerprint density at radius 2 is 1.44 bits per heavy atom. The Bertz CT molecular complexity index is 237. The molecule has 4 nitrogen and oxygen atoms in total. The first kappa shape index (κ1) is 16.9. The molecule has 0 N–H and O–H groups in total. The summed E-state index contributed by atoms with van der Waals surface area (Å²) in [4.78, 5) is 24.5. The molecular formula is C14H27NO3. The fraction of sp³-hybridized carbons (Fsp3) is 0.857. The first-order valence-corrected chi connectivity index (χ1v) is 7.13. The number of rotatable bonds is 9. The maximum atomic E-state index is 11.6. The molecule has 0 saturated heterocycles. The van der Waals surface area contributed by atoms with Crippen LogP contribution in [-0.4, -0.2) is 36.5 Å². The summed E-state index contributed by atoms with van der Waals surface area (Å²) in [5, 5.41) is 0. The molecule has 0 heterocycles. The lowest BCUT2D eigenvalue weighted by atomic mass is 10.1. The second-order valence-electron chi connectivity index (χ2n) is 4.38. The molecule has 0 rings (SSSR count). The molecule has 0 aromatic carbocycles. The Labute approximate surface area is 111 Å². The second kappa shape index (κ2) is 11.1. The van der Waals surface area contributed by atoms with Crippen LogP contribution in [0.15, 0.2) is 0 Å². The van der Waals surface area contributed by atoms with Crippen molar-refractivity contribution in [3.05, 3.63) is 0 Å². The number of esters is 1. The minimum atomic E-state index is -0.716. The number of hydrogen-bond acceptors (Lipinski definition) is 3. The van der Waals surface area contributed by atoms with Crippen LogP contribution in [0, 0.1) is 0 Å². The van der Waals surface area contributed by atoms with E-state index < -0.39 is 11.9 Å². The predicted octanol–water partition coefficient (Wildman–Crippen LogP) is 2.76. The van der Waals surface area contributed by atoms with E-state index >= 15 is 0 Å². The van der Waals surface area contributed by atoms with E-state index in [1.807, 2.05) is 13.8 Å². The van der Waals surface area contributed by atoms with Crippen LogP contribution in [0.4, 0.5) is 0 Å². The number of ether oxygens (including phenoxy) is 1. The number of carbonyl (C=O) groups excluding carboxylic acids is 2. The highest BCUT2D eigenvalue weighted by Crippen LogP contribution is 2.05. The molecule has 18 heavy (non-hydrogen) atoms. The zero-order valence-corrected chi connectivity index (χ0v) is 12.0. The first-order valence-electron chi connectivity index (χ1n) is 7.13. The molecule has 0 aliphatic rings. The zero-order valence-electron chi connectivity index (χ0n) is 12.0. The van der Waals surface area contributed by atoms with Crippen molar-refractivity contribution in [1.29, 1.82) is 0 Å². The zero-order chi connectivity index (χ0) is 13.8. The van der Waals surface area contributed by atoms with Gasteiger partial charge in [-0.15, -0.1) is 0 Å². The lowest BCUT2D eigenvalue weighted by Crippen LogP contribution is -2.37. The lowest BCUT2D eigenvalue weighted by molar-refractivity contribution is -0.160. The average molecular weight is 257 g/mol. The summed E-state index contributed by atoms with van der Waals surface area (Å²) in [5.74, 6) is -1.24. The quantitative estimate of drug-likeness (QED) is 0.362. The van der Waals surface area contributed by atoms with Gasteiger partial charge in [0.15, 0.2) is 0 Å². The fourth-order valence-electron chi connectivity index (χ4n) is 1.75. The number of nitrogens with zero attached hydrogens (tertiary/aromatic N) is 1. The third-order valence-corrected chi connectivity index (χ3v) is 2.96. The molecule has 0 fully saturated rings. The average Bonchev–Trinajstić information content (AvgIpc) is 2.38. The van der Waals surface area contributed by atoms with Gasteiger partial charge in [-0.05, 0) is 20.3 Å². The standard InChI is InChI=1S/C14H27NO3/c1-4-7-8-9-10-11-12-18-14(17)13(16)15(5-2)6-3/h4-12H2,1-3H3. The summed E-state index contributed by atoms with van der Waals surface area (Å²) in [6, 6.07) is 0. The van der Waals surface area contributed by atoms with Gasteiger partial charge >= 0.3 is 11.9 Å². The number of carbonyl (C=O) groups is 2. The van der Waals surface area contributed by atoms with E-state index in [0.29, 0.717) is 19.7 Å². The molecule has 0 aliphatic carbocycles. The summed E-state index contributed by atoms with van der Waals surface area (Å²) >= 11 is 0. The Morgan fingerprint density at radius 3 is 2.00 bits per heavy atom. The molecule has 0 unspecified atom stereocenters. The van der Waals surface area contributed by atoms with E-state index in [1.54, 1.807) is 0 Å².